The van der Waals surface area contributed by atoms with Gasteiger partial charge in [-0.25, -0.2) is 19.9 Å². The number of rotatable bonds is 4. The summed E-state index contributed by atoms with van der Waals surface area (Å²) < 4.78 is 0. The Hall–Kier alpha value is -7.30. The molecule has 54 heavy (non-hydrogen) atoms. The summed E-state index contributed by atoms with van der Waals surface area (Å²) in [5.41, 5.74) is 13.0. The fourth-order valence-corrected chi connectivity index (χ4v) is 7.88. The van der Waals surface area contributed by atoms with Crippen LogP contribution in [0.5, 0.6) is 0 Å². The Morgan fingerprint density at radius 3 is 1.30 bits per heavy atom. The molecule has 0 unspecified atom stereocenters. The average Bonchev–Trinajstić information content (AvgIpc) is 3.25. The standard InChI is InChI=1S/C50H30N4/c1-3-9-31(10-4-1)42-26-22-33-15-16-34-23-27-43(52-48(34)47(33)51-42)38-19-17-37-30-39(20-18-36(37)29-38)44-28-24-35-21-25-41-46(32-11-5-2-6-12-32)40-13-7-8-14-45(40)54-50(41)49(35)53-44/h1-30H. The fourth-order valence-electron chi connectivity index (χ4n) is 7.88. The van der Waals surface area contributed by atoms with Crippen LogP contribution >= 0.6 is 0 Å². The quantitative estimate of drug-likeness (QED) is 0.137. The summed E-state index contributed by atoms with van der Waals surface area (Å²) in [4.78, 5) is 20.8. The highest BCUT2D eigenvalue weighted by molar-refractivity contribution is 6.16. The van der Waals surface area contributed by atoms with Gasteiger partial charge in [0.2, 0.25) is 0 Å². The van der Waals surface area contributed by atoms with Crippen LogP contribution in [0.4, 0.5) is 0 Å². The minimum Gasteiger partial charge on any atom is -0.245 e. The lowest BCUT2D eigenvalue weighted by Crippen LogP contribution is -1.93. The monoisotopic (exact) mass is 686 g/mol. The van der Waals surface area contributed by atoms with Crippen molar-refractivity contribution in [1.82, 2.24) is 19.9 Å². The van der Waals surface area contributed by atoms with Crippen molar-refractivity contribution < 1.29 is 0 Å². The van der Waals surface area contributed by atoms with Crippen molar-refractivity contribution >= 4 is 65.3 Å². The Morgan fingerprint density at radius 1 is 0.259 bits per heavy atom. The van der Waals surface area contributed by atoms with Crippen molar-refractivity contribution in [3.8, 4) is 44.9 Å². The molecule has 0 spiro atoms. The smallest absolute Gasteiger partial charge is 0.0978 e. The number of para-hydroxylation sites is 1. The minimum absolute atomic E-state index is 0.906. The molecule has 11 aromatic rings. The molecular weight excluding hydrogens is 657 g/mol. The van der Waals surface area contributed by atoms with Crippen molar-refractivity contribution in [3.63, 3.8) is 0 Å². The summed E-state index contributed by atoms with van der Waals surface area (Å²) in [5.74, 6) is 0. The lowest BCUT2D eigenvalue weighted by atomic mass is 9.95. The van der Waals surface area contributed by atoms with Gasteiger partial charge in [0.1, 0.15) is 0 Å². The van der Waals surface area contributed by atoms with Crippen LogP contribution in [0.15, 0.2) is 182 Å². The molecule has 0 fully saturated rings. The number of pyridine rings is 4. The zero-order valence-corrected chi connectivity index (χ0v) is 29.1. The molecule has 0 atom stereocenters. The van der Waals surface area contributed by atoms with E-state index in [0.717, 1.165) is 99.1 Å². The van der Waals surface area contributed by atoms with Gasteiger partial charge in [-0.1, -0.05) is 146 Å². The summed E-state index contributed by atoms with van der Waals surface area (Å²) in [6.07, 6.45) is 0. The van der Waals surface area contributed by atoms with Crippen molar-refractivity contribution in [3.05, 3.63) is 182 Å². The SMILES string of the molecule is c1ccc(-c2ccc3ccc4ccc(-c5ccc6cc(-c7ccc8ccc9c(-c%10ccccc%10)c%10ccccc%10nc9c8n7)ccc6c5)nc4c3n2)cc1. The van der Waals surface area contributed by atoms with Gasteiger partial charge in [-0.3, -0.25) is 0 Å². The predicted octanol–water partition coefficient (Wildman–Crippen LogP) is 12.9. The van der Waals surface area contributed by atoms with E-state index in [1.165, 1.54) is 11.1 Å². The molecule has 0 bridgehead atoms. The van der Waals surface area contributed by atoms with Crippen LogP contribution < -0.4 is 0 Å². The molecule has 7 aromatic carbocycles. The molecule has 0 amide bonds. The highest BCUT2D eigenvalue weighted by Crippen LogP contribution is 2.38. The van der Waals surface area contributed by atoms with Crippen molar-refractivity contribution in [2.75, 3.05) is 0 Å². The minimum atomic E-state index is 0.906. The first-order valence-electron chi connectivity index (χ1n) is 18.2. The Kier molecular flexibility index (Phi) is 6.82. The lowest BCUT2D eigenvalue weighted by Gasteiger charge is -2.13. The maximum absolute atomic E-state index is 5.29. The van der Waals surface area contributed by atoms with Gasteiger partial charge in [0.15, 0.2) is 0 Å². The number of fused-ring (bicyclic) bond motifs is 8. The van der Waals surface area contributed by atoms with E-state index in [-0.39, 0.29) is 0 Å². The van der Waals surface area contributed by atoms with Crippen molar-refractivity contribution in [2.24, 2.45) is 0 Å². The molecule has 11 rings (SSSR count). The molecular formula is C50H30N4. The number of hydrogen-bond donors (Lipinski definition) is 0. The van der Waals surface area contributed by atoms with Gasteiger partial charge in [-0.2, -0.15) is 0 Å². The Bertz CT molecular complexity index is 3270. The van der Waals surface area contributed by atoms with Crippen LogP contribution in [0.1, 0.15) is 0 Å². The van der Waals surface area contributed by atoms with E-state index in [0.29, 0.717) is 0 Å². The molecule has 0 N–H and O–H groups in total. The second kappa shape index (κ2) is 12.1. The summed E-state index contributed by atoms with van der Waals surface area (Å²) in [7, 11) is 0. The zero-order valence-electron chi connectivity index (χ0n) is 29.1. The van der Waals surface area contributed by atoms with Gasteiger partial charge in [0.25, 0.3) is 0 Å². The first-order valence-corrected chi connectivity index (χ1v) is 18.2. The number of nitrogens with zero attached hydrogens (tertiary/aromatic N) is 4. The van der Waals surface area contributed by atoms with E-state index >= 15 is 0 Å². The van der Waals surface area contributed by atoms with E-state index < -0.39 is 0 Å². The first kappa shape index (κ1) is 30.3. The highest BCUT2D eigenvalue weighted by Gasteiger charge is 2.15. The average molecular weight is 687 g/mol. The largest absolute Gasteiger partial charge is 0.245 e. The molecule has 0 saturated carbocycles. The molecule has 0 aliphatic heterocycles. The summed E-state index contributed by atoms with van der Waals surface area (Å²) >= 11 is 0. The first-order chi connectivity index (χ1) is 26.7. The van der Waals surface area contributed by atoms with Crippen LogP contribution in [-0.4, -0.2) is 19.9 Å². The predicted molar refractivity (Wildman–Crippen MR) is 224 cm³/mol. The Labute approximate surface area is 311 Å². The van der Waals surface area contributed by atoms with Crippen LogP contribution in [-0.2, 0) is 0 Å². The van der Waals surface area contributed by atoms with Gasteiger partial charge in [-0.15, -0.1) is 0 Å². The van der Waals surface area contributed by atoms with E-state index in [4.69, 9.17) is 19.9 Å². The van der Waals surface area contributed by atoms with Crippen LogP contribution in [0.25, 0.3) is 110 Å². The van der Waals surface area contributed by atoms with E-state index in [9.17, 15) is 0 Å². The molecule has 4 nitrogen and oxygen atoms in total. The van der Waals surface area contributed by atoms with Gasteiger partial charge in [-0.05, 0) is 52.7 Å². The van der Waals surface area contributed by atoms with Crippen LogP contribution in [0.3, 0.4) is 0 Å². The van der Waals surface area contributed by atoms with Crippen LogP contribution in [0, 0.1) is 0 Å². The molecule has 0 aliphatic rings. The number of benzene rings is 7. The van der Waals surface area contributed by atoms with E-state index in [1.54, 1.807) is 0 Å². The molecule has 250 valence electrons. The molecule has 0 radical (unpaired) electrons. The van der Waals surface area contributed by atoms with Crippen molar-refractivity contribution in [2.45, 2.75) is 0 Å². The number of aromatic nitrogens is 4. The summed E-state index contributed by atoms with van der Waals surface area (Å²) in [6, 6.07) is 63.8. The van der Waals surface area contributed by atoms with Crippen molar-refractivity contribution in [1.29, 1.82) is 0 Å². The zero-order chi connectivity index (χ0) is 35.6. The van der Waals surface area contributed by atoms with E-state index in [1.807, 2.05) is 18.2 Å². The van der Waals surface area contributed by atoms with Gasteiger partial charge >= 0.3 is 0 Å². The second-order valence-electron chi connectivity index (χ2n) is 13.8. The van der Waals surface area contributed by atoms with Gasteiger partial charge in [0, 0.05) is 49.2 Å². The third kappa shape index (κ3) is 5.00. The normalized spacial score (nSPS) is 11.7. The topological polar surface area (TPSA) is 51.6 Å². The van der Waals surface area contributed by atoms with Crippen LogP contribution in [0.2, 0.25) is 0 Å². The van der Waals surface area contributed by atoms with Gasteiger partial charge in [0.05, 0.1) is 44.7 Å². The second-order valence-corrected chi connectivity index (χ2v) is 13.8. The van der Waals surface area contributed by atoms with Gasteiger partial charge < -0.3 is 0 Å². The van der Waals surface area contributed by atoms with E-state index in [2.05, 4.69) is 164 Å². The maximum Gasteiger partial charge on any atom is 0.0978 e. The Morgan fingerprint density at radius 2 is 0.704 bits per heavy atom. The fraction of sp³-hybridized carbons (Fsp3) is 0. The molecule has 0 aliphatic carbocycles. The molecule has 4 heteroatoms. The summed E-state index contributed by atoms with van der Waals surface area (Å²) in [5, 5.41) is 7.76. The molecule has 0 saturated heterocycles. The summed E-state index contributed by atoms with van der Waals surface area (Å²) in [6.45, 7) is 0. The third-order valence-electron chi connectivity index (χ3n) is 10.6. The lowest BCUT2D eigenvalue weighted by molar-refractivity contribution is 1.37. The Balaban J connectivity index is 0.996. The molecule has 4 heterocycles. The third-order valence-corrected chi connectivity index (χ3v) is 10.6. The highest BCUT2D eigenvalue weighted by atomic mass is 14.8. The molecule has 4 aromatic heterocycles. The number of hydrogen-bond acceptors (Lipinski definition) is 4. The maximum atomic E-state index is 5.29.